The van der Waals surface area contributed by atoms with Gasteiger partial charge in [0.15, 0.2) is 6.61 Å². The number of carbonyl (C=O) groups excluding carboxylic acids is 2. The second-order valence-corrected chi connectivity index (χ2v) is 7.18. The number of nitriles is 1. The smallest absolute Gasteiger partial charge is 0.314 e. The number of carbonyl (C=O) groups is 2. The zero-order valence-electron chi connectivity index (χ0n) is 15.7. The van der Waals surface area contributed by atoms with E-state index in [1.807, 2.05) is 44.2 Å². The number of hydrogen-bond donors (Lipinski definition) is 1. The number of benzene rings is 1. The van der Waals surface area contributed by atoms with Gasteiger partial charge in [-0.1, -0.05) is 69.9 Å². The molecule has 1 amide bonds. The molecular formula is C21H28N2O3. The first-order valence-corrected chi connectivity index (χ1v) is 9.45. The molecule has 26 heavy (non-hydrogen) atoms. The maximum absolute atomic E-state index is 12.6. The molecule has 5 heteroatoms. The summed E-state index contributed by atoms with van der Waals surface area (Å²) in [6.07, 6.45) is 5.08. The molecule has 2 atom stereocenters. The second kappa shape index (κ2) is 9.38. The van der Waals surface area contributed by atoms with Gasteiger partial charge in [0.2, 0.25) is 0 Å². The molecule has 0 spiro atoms. The van der Waals surface area contributed by atoms with Crippen molar-refractivity contribution in [3.05, 3.63) is 35.9 Å². The summed E-state index contributed by atoms with van der Waals surface area (Å²) < 4.78 is 5.31. The van der Waals surface area contributed by atoms with E-state index in [2.05, 4.69) is 11.4 Å². The molecule has 0 saturated heterocycles. The highest BCUT2D eigenvalue weighted by atomic mass is 16.5. The van der Waals surface area contributed by atoms with Gasteiger partial charge in [0, 0.05) is 0 Å². The van der Waals surface area contributed by atoms with Crippen molar-refractivity contribution in [3.8, 4) is 6.07 Å². The summed E-state index contributed by atoms with van der Waals surface area (Å²) in [5.74, 6) is -1.08. The van der Waals surface area contributed by atoms with Gasteiger partial charge < -0.3 is 10.1 Å². The molecule has 0 heterocycles. The fourth-order valence-corrected chi connectivity index (χ4v) is 3.54. The summed E-state index contributed by atoms with van der Waals surface area (Å²) in [5, 5.41) is 12.2. The molecule has 0 bridgehead atoms. The molecule has 1 aliphatic carbocycles. The van der Waals surface area contributed by atoms with Crippen LogP contribution in [0.1, 0.15) is 63.9 Å². The van der Waals surface area contributed by atoms with Crippen molar-refractivity contribution in [1.29, 1.82) is 5.26 Å². The van der Waals surface area contributed by atoms with Crippen molar-refractivity contribution in [2.75, 3.05) is 6.61 Å². The van der Waals surface area contributed by atoms with E-state index >= 15 is 0 Å². The van der Waals surface area contributed by atoms with Crippen LogP contribution in [0.15, 0.2) is 30.3 Å². The number of nitrogens with one attached hydrogen (secondary N) is 1. The van der Waals surface area contributed by atoms with Crippen LogP contribution in [0.5, 0.6) is 0 Å². The van der Waals surface area contributed by atoms with E-state index in [-0.39, 0.29) is 12.5 Å². The number of rotatable bonds is 7. The molecule has 1 aromatic carbocycles. The minimum atomic E-state index is -0.808. The van der Waals surface area contributed by atoms with Crippen LogP contribution >= 0.6 is 0 Å². The van der Waals surface area contributed by atoms with Crippen LogP contribution in [0.4, 0.5) is 0 Å². The highest BCUT2D eigenvalue weighted by Gasteiger charge is 2.34. The van der Waals surface area contributed by atoms with Gasteiger partial charge in [-0.2, -0.15) is 5.26 Å². The molecule has 2 rings (SSSR count). The van der Waals surface area contributed by atoms with E-state index in [0.29, 0.717) is 12.8 Å². The summed E-state index contributed by atoms with van der Waals surface area (Å²) >= 11 is 0. The summed E-state index contributed by atoms with van der Waals surface area (Å²) in [6, 6.07) is 11.7. The standard InChI is InChI=1S/C21H28N2O3/c1-3-16(2)19(17-10-6-4-7-11-17)20(25)26-14-18(24)23-21(15-22)12-8-5-9-13-21/h4,6-7,10-11,16,19H,3,5,8-9,12-14H2,1-2H3,(H,23,24)/t16-,19+/m1/s1. The fraction of sp³-hybridized carbons (Fsp3) is 0.571. The van der Waals surface area contributed by atoms with Gasteiger partial charge >= 0.3 is 5.97 Å². The summed E-state index contributed by atoms with van der Waals surface area (Å²) in [4.78, 5) is 24.9. The Bertz CT molecular complexity index is 645. The maximum Gasteiger partial charge on any atom is 0.314 e. The van der Waals surface area contributed by atoms with Crippen molar-refractivity contribution in [2.24, 2.45) is 5.92 Å². The lowest BCUT2D eigenvalue weighted by atomic mass is 9.83. The van der Waals surface area contributed by atoms with Crippen LogP contribution in [0, 0.1) is 17.2 Å². The van der Waals surface area contributed by atoms with Gasteiger partial charge in [-0.3, -0.25) is 9.59 Å². The van der Waals surface area contributed by atoms with Crippen molar-refractivity contribution < 1.29 is 14.3 Å². The molecule has 0 aliphatic heterocycles. The third kappa shape index (κ3) is 5.08. The fourth-order valence-electron chi connectivity index (χ4n) is 3.54. The summed E-state index contributed by atoms with van der Waals surface area (Å²) in [6.45, 7) is 3.69. The molecule has 140 valence electrons. The minimum absolute atomic E-state index is 0.108. The second-order valence-electron chi connectivity index (χ2n) is 7.18. The van der Waals surface area contributed by atoms with Crippen LogP contribution in [-0.4, -0.2) is 24.0 Å². The maximum atomic E-state index is 12.6. The topological polar surface area (TPSA) is 79.2 Å². The van der Waals surface area contributed by atoms with Crippen molar-refractivity contribution in [1.82, 2.24) is 5.32 Å². The average Bonchev–Trinajstić information content (AvgIpc) is 2.68. The molecule has 1 aliphatic rings. The Labute approximate surface area is 155 Å². The third-order valence-corrected chi connectivity index (χ3v) is 5.27. The molecule has 1 saturated carbocycles. The van der Waals surface area contributed by atoms with E-state index < -0.39 is 23.3 Å². The van der Waals surface area contributed by atoms with Gasteiger partial charge in [0.05, 0.1) is 12.0 Å². The quantitative estimate of drug-likeness (QED) is 0.756. The van der Waals surface area contributed by atoms with E-state index in [9.17, 15) is 14.9 Å². The van der Waals surface area contributed by atoms with E-state index in [4.69, 9.17) is 4.74 Å². The lowest BCUT2D eigenvalue weighted by molar-refractivity contribution is -0.151. The molecule has 1 N–H and O–H groups in total. The van der Waals surface area contributed by atoms with Crippen molar-refractivity contribution in [2.45, 2.75) is 63.8 Å². The van der Waals surface area contributed by atoms with Crippen LogP contribution in [-0.2, 0) is 14.3 Å². The molecular weight excluding hydrogens is 328 g/mol. The largest absolute Gasteiger partial charge is 0.455 e. The highest BCUT2D eigenvalue weighted by molar-refractivity contribution is 5.84. The molecule has 0 radical (unpaired) electrons. The van der Waals surface area contributed by atoms with Gasteiger partial charge in [-0.25, -0.2) is 0 Å². The van der Waals surface area contributed by atoms with Gasteiger partial charge in [-0.15, -0.1) is 0 Å². The van der Waals surface area contributed by atoms with Crippen molar-refractivity contribution >= 4 is 11.9 Å². The Morgan fingerprint density at radius 2 is 1.88 bits per heavy atom. The normalized spacial score (nSPS) is 18.2. The molecule has 1 fully saturated rings. The Morgan fingerprint density at radius 3 is 2.46 bits per heavy atom. The lowest BCUT2D eigenvalue weighted by Gasteiger charge is -2.31. The molecule has 0 unspecified atom stereocenters. The predicted octanol–water partition coefficient (Wildman–Crippen LogP) is 3.70. The van der Waals surface area contributed by atoms with Gasteiger partial charge in [0.25, 0.3) is 5.91 Å². The number of nitrogens with zero attached hydrogens (tertiary/aromatic N) is 1. The number of esters is 1. The Balaban J connectivity index is 1.97. The highest BCUT2D eigenvalue weighted by Crippen LogP contribution is 2.29. The summed E-state index contributed by atoms with van der Waals surface area (Å²) in [7, 11) is 0. The third-order valence-electron chi connectivity index (χ3n) is 5.27. The lowest BCUT2D eigenvalue weighted by Crippen LogP contribution is -2.50. The Kier molecular flexibility index (Phi) is 7.20. The SMILES string of the molecule is CC[C@@H](C)[C@H](C(=O)OCC(=O)NC1(C#N)CCCCC1)c1ccccc1. The van der Waals surface area contributed by atoms with E-state index in [1.54, 1.807) is 0 Å². The Morgan fingerprint density at radius 1 is 1.23 bits per heavy atom. The van der Waals surface area contributed by atoms with Gasteiger partial charge in [-0.05, 0) is 24.3 Å². The minimum Gasteiger partial charge on any atom is -0.455 e. The number of ether oxygens (including phenoxy) is 1. The van der Waals surface area contributed by atoms with Crippen LogP contribution in [0.25, 0.3) is 0 Å². The van der Waals surface area contributed by atoms with Gasteiger partial charge in [0.1, 0.15) is 5.54 Å². The first-order chi connectivity index (χ1) is 12.5. The zero-order valence-corrected chi connectivity index (χ0v) is 15.7. The monoisotopic (exact) mass is 356 g/mol. The van der Waals surface area contributed by atoms with Crippen molar-refractivity contribution in [3.63, 3.8) is 0 Å². The first-order valence-electron chi connectivity index (χ1n) is 9.45. The summed E-state index contributed by atoms with van der Waals surface area (Å²) in [5.41, 5.74) is 0.0881. The zero-order chi connectivity index (χ0) is 19.0. The number of hydrogen-bond acceptors (Lipinski definition) is 4. The number of amides is 1. The van der Waals surface area contributed by atoms with Crippen LogP contribution < -0.4 is 5.32 Å². The molecule has 0 aromatic heterocycles. The molecule has 5 nitrogen and oxygen atoms in total. The van der Waals surface area contributed by atoms with Crippen LogP contribution in [0.3, 0.4) is 0 Å². The molecule has 1 aromatic rings. The average molecular weight is 356 g/mol. The van der Waals surface area contributed by atoms with E-state index in [1.165, 1.54) is 0 Å². The first kappa shape index (κ1) is 20.0. The Hall–Kier alpha value is -2.35. The predicted molar refractivity (Wildman–Crippen MR) is 99.2 cm³/mol. The van der Waals surface area contributed by atoms with Crippen LogP contribution in [0.2, 0.25) is 0 Å². The van der Waals surface area contributed by atoms with E-state index in [0.717, 1.165) is 31.2 Å².